The van der Waals surface area contributed by atoms with Crippen molar-refractivity contribution in [1.29, 1.82) is 0 Å². The Kier molecular flexibility index (Phi) is 6.18. The van der Waals surface area contributed by atoms with Crippen molar-refractivity contribution >= 4 is 45.5 Å². The molecule has 0 saturated carbocycles. The summed E-state index contributed by atoms with van der Waals surface area (Å²) in [5, 5.41) is 18.6. The van der Waals surface area contributed by atoms with E-state index >= 15 is 0 Å². The fraction of sp³-hybridized carbons (Fsp3) is 0.333. The minimum absolute atomic E-state index is 0.0217. The van der Waals surface area contributed by atoms with E-state index in [0.717, 1.165) is 24.6 Å². The lowest BCUT2D eigenvalue weighted by Gasteiger charge is -2.30. The van der Waals surface area contributed by atoms with Gasteiger partial charge in [0.15, 0.2) is 0 Å². The Labute approximate surface area is 179 Å². The summed E-state index contributed by atoms with van der Waals surface area (Å²) in [5.41, 5.74) is 3.55. The maximum absolute atomic E-state index is 11.5. The second-order valence-electron chi connectivity index (χ2n) is 6.98. The quantitative estimate of drug-likeness (QED) is 0.432. The summed E-state index contributed by atoms with van der Waals surface area (Å²) in [6.07, 6.45) is 1.49. The zero-order valence-corrected chi connectivity index (χ0v) is 17.6. The van der Waals surface area contributed by atoms with Crippen LogP contribution in [0.1, 0.15) is 12.5 Å². The van der Waals surface area contributed by atoms with Crippen molar-refractivity contribution in [3.8, 4) is 0 Å². The molecule has 1 fully saturated rings. The molecule has 1 saturated heterocycles. The Morgan fingerprint density at radius 3 is 2.73 bits per heavy atom. The topological polar surface area (TPSA) is 96.2 Å². The maximum atomic E-state index is 11.5. The highest BCUT2D eigenvalue weighted by Crippen LogP contribution is 2.32. The Hall–Kier alpha value is -3.07. The van der Waals surface area contributed by atoms with Gasteiger partial charge in [-0.25, -0.2) is 9.97 Å². The molecule has 1 aliphatic heterocycles. The third kappa shape index (κ3) is 4.25. The lowest BCUT2D eigenvalue weighted by molar-refractivity contribution is -0.383. The van der Waals surface area contributed by atoms with Crippen LogP contribution in [-0.4, -0.2) is 46.0 Å². The van der Waals surface area contributed by atoms with E-state index < -0.39 is 0 Å². The first-order chi connectivity index (χ1) is 14.7. The normalized spacial score (nSPS) is 14.0. The van der Waals surface area contributed by atoms with E-state index in [9.17, 15) is 10.1 Å². The number of nitrogens with zero attached hydrogens (tertiary/aromatic N) is 4. The number of thioether (sulfide) groups is 1. The first-order valence-corrected chi connectivity index (χ1v) is 11.1. The number of nitro benzene ring substituents is 1. The van der Waals surface area contributed by atoms with Crippen molar-refractivity contribution in [2.45, 2.75) is 13.5 Å². The molecule has 0 bridgehead atoms. The van der Waals surface area contributed by atoms with Gasteiger partial charge in [0.2, 0.25) is 0 Å². The molecule has 2 heterocycles. The third-order valence-corrected chi connectivity index (χ3v) is 6.05. The van der Waals surface area contributed by atoms with Gasteiger partial charge in [-0.15, -0.1) is 0 Å². The predicted molar refractivity (Wildman–Crippen MR) is 124 cm³/mol. The maximum Gasteiger partial charge on any atom is 0.293 e. The van der Waals surface area contributed by atoms with Crippen LogP contribution in [-0.2, 0) is 6.54 Å². The van der Waals surface area contributed by atoms with Crippen LogP contribution in [0, 0.1) is 10.1 Å². The van der Waals surface area contributed by atoms with E-state index in [1.165, 1.54) is 17.6 Å². The standard InChI is InChI=1S/C21H24N6O2S/c1-2-22-18-12-17-16(11-20(18)27(28)29)21(25-14-24-17)23-13-15-5-3-4-6-19(15)26-7-9-30-10-8-26/h3-6,11-12,14,22H,2,7-10,13H2,1H3,(H,23,24,25). The van der Waals surface area contributed by atoms with E-state index in [4.69, 9.17) is 0 Å². The number of hydrogen-bond acceptors (Lipinski definition) is 8. The molecule has 0 aliphatic carbocycles. The Bertz CT molecular complexity index is 1050. The summed E-state index contributed by atoms with van der Waals surface area (Å²) in [4.78, 5) is 22.3. The van der Waals surface area contributed by atoms with Crippen molar-refractivity contribution in [2.24, 2.45) is 0 Å². The van der Waals surface area contributed by atoms with Gasteiger partial charge in [0.1, 0.15) is 17.8 Å². The predicted octanol–water partition coefficient (Wildman–Crippen LogP) is 4.14. The number of nitro groups is 1. The number of nitrogens with one attached hydrogen (secondary N) is 2. The molecule has 0 spiro atoms. The van der Waals surface area contributed by atoms with Gasteiger partial charge < -0.3 is 15.5 Å². The van der Waals surface area contributed by atoms with E-state index in [1.807, 2.05) is 24.8 Å². The van der Waals surface area contributed by atoms with Crippen LogP contribution in [0.15, 0.2) is 42.7 Å². The summed E-state index contributed by atoms with van der Waals surface area (Å²) < 4.78 is 0. The first-order valence-electron chi connectivity index (χ1n) is 9.99. The van der Waals surface area contributed by atoms with Gasteiger partial charge in [0.25, 0.3) is 5.69 Å². The summed E-state index contributed by atoms with van der Waals surface area (Å²) >= 11 is 1.98. The SMILES string of the molecule is CCNc1cc2ncnc(NCc3ccccc3N3CCSCC3)c2cc1[N+](=O)[O-]. The largest absolute Gasteiger partial charge is 0.380 e. The van der Waals surface area contributed by atoms with Crippen LogP contribution < -0.4 is 15.5 Å². The minimum Gasteiger partial charge on any atom is -0.380 e. The highest BCUT2D eigenvalue weighted by Gasteiger charge is 2.18. The molecular weight excluding hydrogens is 400 g/mol. The van der Waals surface area contributed by atoms with Crippen molar-refractivity contribution in [2.75, 3.05) is 46.7 Å². The zero-order valence-electron chi connectivity index (χ0n) is 16.8. The van der Waals surface area contributed by atoms with Gasteiger partial charge in [-0.05, 0) is 24.6 Å². The summed E-state index contributed by atoms with van der Waals surface area (Å²) in [6.45, 7) is 5.15. The van der Waals surface area contributed by atoms with Crippen molar-refractivity contribution < 1.29 is 4.92 Å². The molecule has 9 heteroatoms. The second-order valence-corrected chi connectivity index (χ2v) is 8.20. The lowest BCUT2D eigenvalue weighted by Crippen LogP contribution is -2.33. The average Bonchev–Trinajstić information content (AvgIpc) is 2.78. The van der Waals surface area contributed by atoms with Crippen molar-refractivity contribution in [1.82, 2.24) is 9.97 Å². The number of aromatic nitrogens is 2. The smallest absolute Gasteiger partial charge is 0.293 e. The molecule has 8 nitrogen and oxygen atoms in total. The highest BCUT2D eigenvalue weighted by atomic mass is 32.2. The number of para-hydroxylation sites is 1. The molecule has 2 N–H and O–H groups in total. The molecule has 2 aromatic carbocycles. The summed E-state index contributed by atoms with van der Waals surface area (Å²) in [5.74, 6) is 2.86. The molecule has 3 aromatic rings. The lowest BCUT2D eigenvalue weighted by atomic mass is 10.1. The van der Waals surface area contributed by atoms with Gasteiger partial charge >= 0.3 is 0 Å². The summed E-state index contributed by atoms with van der Waals surface area (Å²) in [6, 6.07) is 11.6. The van der Waals surface area contributed by atoms with Crippen LogP contribution in [0.25, 0.3) is 10.9 Å². The molecule has 0 unspecified atom stereocenters. The Morgan fingerprint density at radius 1 is 1.17 bits per heavy atom. The Morgan fingerprint density at radius 2 is 1.97 bits per heavy atom. The van der Waals surface area contributed by atoms with Gasteiger partial charge in [-0.2, -0.15) is 11.8 Å². The van der Waals surface area contributed by atoms with Crippen LogP contribution in [0.2, 0.25) is 0 Å². The zero-order chi connectivity index (χ0) is 20.9. The van der Waals surface area contributed by atoms with Gasteiger partial charge in [0, 0.05) is 54.8 Å². The van der Waals surface area contributed by atoms with Gasteiger partial charge in [-0.3, -0.25) is 10.1 Å². The van der Waals surface area contributed by atoms with Crippen LogP contribution in [0.3, 0.4) is 0 Å². The average molecular weight is 425 g/mol. The molecule has 1 aromatic heterocycles. The number of fused-ring (bicyclic) bond motifs is 1. The number of anilines is 3. The number of benzene rings is 2. The van der Waals surface area contributed by atoms with E-state index in [1.54, 1.807) is 12.1 Å². The number of hydrogen-bond donors (Lipinski definition) is 2. The van der Waals surface area contributed by atoms with E-state index in [2.05, 4.69) is 43.7 Å². The third-order valence-electron chi connectivity index (χ3n) is 5.11. The minimum atomic E-state index is -0.377. The van der Waals surface area contributed by atoms with Gasteiger partial charge in [0.05, 0.1) is 10.4 Å². The van der Waals surface area contributed by atoms with Crippen LogP contribution in [0.4, 0.5) is 22.9 Å². The fourth-order valence-electron chi connectivity index (χ4n) is 3.67. The van der Waals surface area contributed by atoms with Crippen LogP contribution in [0.5, 0.6) is 0 Å². The monoisotopic (exact) mass is 424 g/mol. The van der Waals surface area contributed by atoms with Gasteiger partial charge in [-0.1, -0.05) is 18.2 Å². The van der Waals surface area contributed by atoms with Crippen LogP contribution >= 0.6 is 11.8 Å². The fourth-order valence-corrected chi connectivity index (χ4v) is 4.57. The second kappa shape index (κ2) is 9.17. The molecule has 4 rings (SSSR count). The Balaban J connectivity index is 1.63. The molecular formula is C21H24N6O2S. The molecule has 156 valence electrons. The molecule has 0 amide bonds. The molecule has 0 radical (unpaired) electrons. The highest BCUT2D eigenvalue weighted by molar-refractivity contribution is 7.99. The van der Waals surface area contributed by atoms with E-state index in [-0.39, 0.29) is 10.6 Å². The first kappa shape index (κ1) is 20.2. The molecule has 30 heavy (non-hydrogen) atoms. The number of rotatable bonds is 7. The molecule has 1 aliphatic rings. The summed E-state index contributed by atoms with van der Waals surface area (Å²) in [7, 11) is 0. The van der Waals surface area contributed by atoms with Crippen molar-refractivity contribution in [3.63, 3.8) is 0 Å². The van der Waals surface area contributed by atoms with E-state index in [0.29, 0.717) is 35.5 Å². The van der Waals surface area contributed by atoms with Crippen molar-refractivity contribution in [3.05, 3.63) is 58.4 Å². The molecule has 0 atom stereocenters.